The average molecular weight is 424 g/mol. The molecule has 1 atom stereocenters. The van der Waals surface area contributed by atoms with Crippen molar-refractivity contribution in [1.29, 1.82) is 0 Å². The van der Waals surface area contributed by atoms with Crippen LogP contribution < -0.4 is 21.5 Å². The summed E-state index contributed by atoms with van der Waals surface area (Å²) in [5.74, 6) is -1.22. The Morgan fingerprint density at radius 2 is 1.97 bits per heavy atom. The van der Waals surface area contributed by atoms with Crippen molar-refractivity contribution in [3.63, 3.8) is 0 Å². The molecule has 0 saturated heterocycles. The quantitative estimate of drug-likeness (QED) is 0.334. The maximum atomic E-state index is 12.1. The normalized spacial score (nSPS) is 11.8. The smallest absolute Gasteiger partial charge is 0.303 e. The number of H-pyrrole nitrogens is 1. The molecule has 0 aliphatic heterocycles. The van der Waals surface area contributed by atoms with Crippen molar-refractivity contribution in [3.8, 4) is 5.75 Å². The highest BCUT2D eigenvalue weighted by Crippen LogP contribution is 2.25. The molecule has 7 N–H and O–H groups in total. The van der Waals surface area contributed by atoms with Crippen LogP contribution in [-0.4, -0.2) is 33.9 Å². The molecule has 0 aliphatic carbocycles. The van der Waals surface area contributed by atoms with Crippen LogP contribution in [0.5, 0.6) is 5.75 Å². The summed E-state index contributed by atoms with van der Waals surface area (Å²) in [6.45, 7) is 0.260. The number of carboxylic acid groups (broad SMARTS) is 1. The molecule has 2 amide bonds. The molecule has 0 unspecified atom stereocenters. The Balaban J connectivity index is 1.63. The van der Waals surface area contributed by atoms with Crippen LogP contribution in [0.3, 0.4) is 0 Å². The predicted molar refractivity (Wildman–Crippen MR) is 115 cm³/mol. The first-order valence-electron chi connectivity index (χ1n) is 9.70. The maximum absolute atomic E-state index is 12.1. The number of rotatable bonds is 10. The summed E-state index contributed by atoms with van der Waals surface area (Å²) < 4.78 is 5.87. The van der Waals surface area contributed by atoms with Crippen molar-refractivity contribution < 1.29 is 24.2 Å². The summed E-state index contributed by atoms with van der Waals surface area (Å²) in [4.78, 5) is 37.1. The second-order valence-electron chi connectivity index (χ2n) is 7.18. The number of aromatic nitrogens is 1. The number of nitrogens with two attached hydrogens (primary N) is 2. The zero-order chi connectivity index (χ0) is 22.4. The summed E-state index contributed by atoms with van der Waals surface area (Å²) in [5, 5.41) is 12.3. The van der Waals surface area contributed by atoms with Crippen molar-refractivity contribution in [2.75, 3.05) is 5.32 Å². The van der Waals surface area contributed by atoms with Crippen LogP contribution in [0.25, 0.3) is 10.9 Å². The molecule has 162 valence electrons. The fourth-order valence-corrected chi connectivity index (χ4v) is 3.13. The number of aromatic amines is 1. The van der Waals surface area contributed by atoms with Crippen molar-refractivity contribution in [1.82, 2.24) is 4.98 Å². The standard InChI is InChI=1S/C22H24N4O5/c23-18(5-7-21(28)29)22(30)26-15-3-1-2-13(8-15)12-31-16-4-6-19-17(10-16)14(11-25-19)9-20(24)27/h1-4,6,8,10-11,18,25H,5,7,9,12,23H2,(H2,24,27)(H,26,30)(H,28,29)/t18-/m0/s1. The number of ether oxygens (including phenoxy) is 1. The third-order valence-corrected chi connectivity index (χ3v) is 4.71. The second-order valence-corrected chi connectivity index (χ2v) is 7.18. The molecular formula is C22H24N4O5. The lowest BCUT2D eigenvalue weighted by Crippen LogP contribution is -2.36. The van der Waals surface area contributed by atoms with Gasteiger partial charge in [0.2, 0.25) is 11.8 Å². The Bertz CT molecular complexity index is 1110. The Labute approximate surface area is 178 Å². The molecule has 0 aliphatic rings. The Hall–Kier alpha value is -3.85. The van der Waals surface area contributed by atoms with Crippen LogP contribution in [0.2, 0.25) is 0 Å². The van der Waals surface area contributed by atoms with Gasteiger partial charge in [0, 0.05) is 29.2 Å². The molecule has 0 saturated carbocycles. The Kier molecular flexibility index (Phi) is 6.88. The van der Waals surface area contributed by atoms with Crippen LogP contribution in [0, 0.1) is 0 Å². The van der Waals surface area contributed by atoms with Crippen molar-refractivity contribution in [2.45, 2.75) is 31.9 Å². The molecule has 0 bridgehead atoms. The molecule has 1 aromatic heterocycles. The lowest BCUT2D eigenvalue weighted by Gasteiger charge is -2.12. The topological polar surface area (TPSA) is 161 Å². The van der Waals surface area contributed by atoms with Gasteiger partial charge in [-0.05, 0) is 47.9 Å². The summed E-state index contributed by atoms with van der Waals surface area (Å²) in [5.41, 5.74) is 14.1. The molecule has 0 spiro atoms. The van der Waals surface area contributed by atoms with Gasteiger partial charge in [-0.3, -0.25) is 14.4 Å². The molecule has 31 heavy (non-hydrogen) atoms. The summed E-state index contributed by atoms with van der Waals surface area (Å²) >= 11 is 0. The van der Waals surface area contributed by atoms with Crippen LogP contribution in [0.15, 0.2) is 48.7 Å². The lowest BCUT2D eigenvalue weighted by molar-refractivity contribution is -0.137. The minimum Gasteiger partial charge on any atom is -0.489 e. The molecule has 3 aromatic rings. The van der Waals surface area contributed by atoms with Crippen molar-refractivity contribution in [2.24, 2.45) is 11.5 Å². The van der Waals surface area contributed by atoms with E-state index in [2.05, 4.69) is 10.3 Å². The first-order chi connectivity index (χ1) is 14.8. The Morgan fingerprint density at radius 1 is 1.16 bits per heavy atom. The molecule has 3 rings (SSSR count). The van der Waals surface area contributed by atoms with Gasteiger partial charge in [0.15, 0.2) is 0 Å². The number of nitrogens with one attached hydrogen (secondary N) is 2. The molecule has 2 aromatic carbocycles. The third-order valence-electron chi connectivity index (χ3n) is 4.71. The van der Waals surface area contributed by atoms with Crippen LogP contribution in [0.4, 0.5) is 5.69 Å². The number of benzene rings is 2. The van der Waals surface area contributed by atoms with E-state index in [-0.39, 0.29) is 25.9 Å². The highest BCUT2D eigenvalue weighted by molar-refractivity contribution is 5.95. The minimum atomic E-state index is -0.998. The van der Waals surface area contributed by atoms with Gasteiger partial charge in [-0.15, -0.1) is 0 Å². The lowest BCUT2D eigenvalue weighted by atomic mass is 10.1. The van der Waals surface area contributed by atoms with Crippen LogP contribution in [-0.2, 0) is 27.4 Å². The number of hydrogen-bond acceptors (Lipinski definition) is 5. The van der Waals surface area contributed by atoms with Gasteiger partial charge in [0.1, 0.15) is 12.4 Å². The molecule has 1 heterocycles. The second kappa shape index (κ2) is 9.77. The van der Waals surface area contributed by atoms with Gasteiger partial charge in [-0.2, -0.15) is 0 Å². The summed E-state index contributed by atoms with van der Waals surface area (Å²) in [6.07, 6.45) is 1.78. The molecule has 9 heteroatoms. The third kappa shape index (κ3) is 6.06. The SMILES string of the molecule is NC(=O)Cc1c[nH]c2ccc(OCc3cccc(NC(=O)[C@@H](N)CCC(=O)O)c3)cc12. The van der Waals surface area contributed by atoms with E-state index < -0.39 is 23.8 Å². The van der Waals surface area contributed by atoms with E-state index in [0.29, 0.717) is 11.4 Å². The monoisotopic (exact) mass is 424 g/mol. The van der Waals surface area contributed by atoms with Gasteiger partial charge in [-0.1, -0.05) is 12.1 Å². The van der Waals surface area contributed by atoms with Gasteiger partial charge in [-0.25, -0.2) is 0 Å². The number of fused-ring (bicyclic) bond motifs is 1. The minimum absolute atomic E-state index is 0.0589. The van der Waals surface area contributed by atoms with E-state index in [4.69, 9.17) is 21.3 Å². The van der Waals surface area contributed by atoms with Crippen LogP contribution >= 0.6 is 0 Å². The van der Waals surface area contributed by atoms with E-state index in [1.165, 1.54) is 0 Å². The number of carboxylic acids is 1. The molecular weight excluding hydrogens is 400 g/mol. The van der Waals surface area contributed by atoms with Gasteiger partial charge < -0.3 is 31.6 Å². The van der Waals surface area contributed by atoms with E-state index in [0.717, 1.165) is 22.0 Å². The van der Waals surface area contributed by atoms with Crippen LogP contribution in [0.1, 0.15) is 24.0 Å². The fourth-order valence-electron chi connectivity index (χ4n) is 3.13. The highest BCUT2D eigenvalue weighted by Gasteiger charge is 2.15. The number of aliphatic carboxylic acids is 1. The average Bonchev–Trinajstić information content (AvgIpc) is 3.12. The molecule has 0 radical (unpaired) electrons. The molecule has 9 nitrogen and oxygen atoms in total. The first-order valence-corrected chi connectivity index (χ1v) is 9.70. The summed E-state index contributed by atoms with van der Waals surface area (Å²) in [7, 11) is 0. The van der Waals surface area contributed by atoms with E-state index in [1.54, 1.807) is 24.4 Å². The van der Waals surface area contributed by atoms with E-state index >= 15 is 0 Å². The fraction of sp³-hybridized carbons (Fsp3) is 0.227. The number of hydrogen-bond donors (Lipinski definition) is 5. The van der Waals surface area contributed by atoms with Crippen molar-refractivity contribution >= 4 is 34.4 Å². The number of carbonyl (C=O) groups is 3. The first kappa shape index (κ1) is 21.8. The Morgan fingerprint density at radius 3 is 2.71 bits per heavy atom. The number of primary amides is 1. The highest BCUT2D eigenvalue weighted by atomic mass is 16.5. The van der Waals surface area contributed by atoms with E-state index in [9.17, 15) is 14.4 Å². The zero-order valence-corrected chi connectivity index (χ0v) is 16.8. The number of anilines is 1. The number of carbonyl (C=O) groups excluding carboxylic acids is 2. The predicted octanol–water partition coefficient (Wildman–Crippen LogP) is 1.91. The summed E-state index contributed by atoms with van der Waals surface area (Å²) in [6, 6.07) is 11.7. The maximum Gasteiger partial charge on any atom is 0.303 e. The molecule has 0 fully saturated rings. The van der Waals surface area contributed by atoms with Gasteiger partial charge in [0.05, 0.1) is 12.5 Å². The largest absolute Gasteiger partial charge is 0.489 e. The number of amides is 2. The van der Waals surface area contributed by atoms with Gasteiger partial charge >= 0.3 is 5.97 Å². The zero-order valence-electron chi connectivity index (χ0n) is 16.8. The van der Waals surface area contributed by atoms with Gasteiger partial charge in [0.25, 0.3) is 0 Å². The van der Waals surface area contributed by atoms with E-state index in [1.807, 2.05) is 24.3 Å². The van der Waals surface area contributed by atoms with Crippen molar-refractivity contribution in [3.05, 3.63) is 59.8 Å².